The van der Waals surface area contributed by atoms with E-state index in [4.69, 9.17) is 10.5 Å². The average molecular weight is 199 g/mol. The van der Waals surface area contributed by atoms with E-state index in [2.05, 4.69) is 5.32 Å². The summed E-state index contributed by atoms with van der Waals surface area (Å²) in [5, 5.41) is 19.4. The van der Waals surface area contributed by atoms with Crippen molar-refractivity contribution >= 4 is 5.91 Å². The smallest absolute Gasteiger partial charge is 0.251 e. The first kappa shape index (κ1) is 10.7. The molecule has 0 saturated carbocycles. The van der Waals surface area contributed by atoms with Crippen LogP contribution >= 0.6 is 0 Å². The molecule has 0 aliphatic carbocycles. The molecule has 15 heavy (non-hydrogen) atoms. The molecule has 4 nitrogen and oxygen atoms in total. The number of carbonyl (C=O) groups is 1. The van der Waals surface area contributed by atoms with Gasteiger partial charge in [-0.3, -0.25) is 4.79 Å². The minimum Gasteiger partial charge on any atom is -0.351 e. The Hall–Kier alpha value is -2.33. The maximum Gasteiger partial charge on any atom is 0.251 e. The number of amides is 1. The number of hydrogen-bond acceptors (Lipinski definition) is 3. The lowest BCUT2D eigenvalue weighted by molar-refractivity contribution is 0.0954. The van der Waals surface area contributed by atoms with Gasteiger partial charge in [0.15, 0.2) is 0 Å². The van der Waals surface area contributed by atoms with Gasteiger partial charge in [0.1, 0.15) is 0 Å². The highest BCUT2D eigenvalue weighted by Gasteiger charge is 2.03. The van der Waals surface area contributed by atoms with Crippen LogP contribution in [-0.2, 0) is 0 Å². The van der Waals surface area contributed by atoms with Gasteiger partial charge < -0.3 is 5.32 Å². The van der Waals surface area contributed by atoms with Crippen molar-refractivity contribution in [3.05, 3.63) is 35.4 Å². The zero-order chi connectivity index (χ0) is 11.1. The molecule has 0 atom stereocenters. The predicted molar refractivity (Wildman–Crippen MR) is 53.7 cm³/mol. The summed E-state index contributed by atoms with van der Waals surface area (Å²) in [6, 6.07) is 10.2. The van der Waals surface area contributed by atoms with Gasteiger partial charge in [-0.25, -0.2) is 0 Å². The molecular formula is C11H9N3O. The van der Waals surface area contributed by atoms with E-state index in [1.54, 1.807) is 24.3 Å². The van der Waals surface area contributed by atoms with Crippen LogP contribution < -0.4 is 5.32 Å². The van der Waals surface area contributed by atoms with E-state index in [1.165, 1.54) is 0 Å². The van der Waals surface area contributed by atoms with Gasteiger partial charge in [-0.15, -0.1) is 0 Å². The van der Waals surface area contributed by atoms with E-state index < -0.39 is 0 Å². The van der Waals surface area contributed by atoms with E-state index in [0.29, 0.717) is 24.1 Å². The lowest BCUT2D eigenvalue weighted by atomic mass is 10.1. The van der Waals surface area contributed by atoms with Gasteiger partial charge in [-0.1, -0.05) is 0 Å². The van der Waals surface area contributed by atoms with Crippen molar-refractivity contribution in [1.82, 2.24) is 5.32 Å². The summed E-state index contributed by atoms with van der Waals surface area (Å²) >= 11 is 0. The average Bonchev–Trinajstić information content (AvgIpc) is 2.29. The summed E-state index contributed by atoms with van der Waals surface area (Å²) in [7, 11) is 0. The van der Waals surface area contributed by atoms with Crippen LogP contribution in [0.4, 0.5) is 0 Å². The summed E-state index contributed by atoms with van der Waals surface area (Å²) in [5.41, 5.74) is 1.01. The summed E-state index contributed by atoms with van der Waals surface area (Å²) in [5.74, 6) is -0.227. The quantitative estimate of drug-likeness (QED) is 0.743. The summed E-state index contributed by atoms with van der Waals surface area (Å²) in [6.45, 7) is 0.343. The van der Waals surface area contributed by atoms with Gasteiger partial charge >= 0.3 is 0 Å². The number of carbonyl (C=O) groups excluding carboxylic acids is 1. The number of hydrogen-bond donors (Lipinski definition) is 1. The molecule has 0 bridgehead atoms. The molecule has 1 aromatic carbocycles. The first-order valence-electron chi connectivity index (χ1n) is 4.43. The topological polar surface area (TPSA) is 76.7 Å². The molecule has 0 radical (unpaired) electrons. The fourth-order valence-corrected chi connectivity index (χ4v) is 1.03. The lowest BCUT2D eigenvalue weighted by Gasteiger charge is -2.01. The van der Waals surface area contributed by atoms with Crippen molar-refractivity contribution in [3.8, 4) is 12.1 Å². The highest BCUT2D eigenvalue weighted by atomic mass is 16.1. The molecule has 0 aliphatic heterocycles. The van der Waals surface area contributed by atoms with E-state index in [1.807, 2.05) is 12.1 Å². The molecule has 1 amide bonds. The van der Waals surface area contributed by atoms with Crippen LogP contribution in [0.2, 0.25) is 0 Å². The second-order valence-corrected chi connectivity index (χ2v) is 2.85. The molecule has 1 rings (SSSR count). The van der Waals surface area contributed by atoms with Crippen LogP contribution in [0.25, 0.3) is 0 Å². The van der Waals surface area contributed by atoms with Crippen molar-refractivity contribution in [2.45, 2.75) is 6.42 Å². The predicted octanol–water partition coefficient (Wildman–Crippen LogP) is 1.20. The van der Waals surface area contributed by atoms with Crippen LogP contribution in [0.3, 0.4) is 0 Å². The van der Waals surface area contributed by atoms with Crippen molar-refractivity contribution in [2.75, 3.05) is 6.54 Å². The van der Waals surface area contributed by atoms with Crippen LogP contribution in [0, 0.1) is 22.7 Å². The minimum absolute atomic E-state index is 0.227. The largest absolute Gasteiger partial charge is 0.351 e. The number of nitrogens with zero attached hydrogens (tertiary/aromatic N) is 2. The van der Waals surface area contributed by atoms with E-state index in [0.717, 1.165) is 0 Å². The third kappa shape index (κ3) is 3.13. The Morgan fingerprint density at radius 2 is 1.93 bits per heavy atom. The first-order valence-corrected chi connectivity index (χ1v) is 4.43. The Balaban J connectivity index is 2.60. The first-order chi connectivity index (χ1) is 7.27. The van der Waals surface area contributed by atoms with Crippen LogP contribution in [0.1, 0.15) is 22.3 Å². The van der Waals surface area contributed by atoms with E-state index >= 15 is 0 Å². The van der Waals surface area contributed by atoms with Gasteiger partial charge in [0.25, 0.3) is 5.91 Å². The third-order valence-corrected chi connectivity index (χ3v) is 1.80. The molecule has 74 valence electrons. The van der Waals surface area contributed by atoms with Crippen LogP contribution in [-0.4, -0.2) is 12.5 Å². The lowest BCUT2D eigenvalue weighted by Crippen LogP contribution is -2.24. The minimum atomic E-state index is -0.227. The second kappa shape index (κ2) is 5.41. The van der Waals surface area contributed by atoms with Gasteiger partial charge in [0, 0.05) is 12.1 Å². The Kier molecular flexibility index (Phi) is 3.88. The Morgan fingerprint density at radius 3 is 2.47 bits per heavy atom. The summed E-state index contributed by atoms with van der Waals surface area (Å²) in [4.78, 5) is 11.4. The number of benzene rings is 1. The zero-order valence-corrected chi connectivity index (χ0v) is 8.03. The SMILES string of the molecule is N#CCCNC(=O)c1ccc(C#N)cc1. The molecule has 0 unspecified atom stereocenters. The molecule has 4 heteroatoms. The molecule has 0 aromatic heterocycles. The fourth-order valence-electron chi connectivity index (χ4n) is 1.03. The van der Waals surface area contributed by atoms with E-state index in [-0.39, 0.29) is 5.91 Å². The maximum absolute atomic E-state index is 11.4. The molecule has 1 N–H and O–H groups in total. The molecule has 0 spiro atoms. The maximum atomic E-state index is 11.4. The van der Waals surface area contributed by atoms with Gasteiger partial charge in [-0.05, 0) is 24.3 Å². The van der Waals surface area contributed by atoms with Gasteiger partial charge in [0.05, 0.1) is 24.1 Å². The summed E-state index contributed by atoms with van der Waals surface area (Å²) < 4.78 is 0. The highest BCUT2D eigenvalue weighted by molar-refractivity contribution is 5.94. The van der Waals surface area contributed by atoms with E-state index in [9.17, 15) is 4.79 Å². The Morgan fingerprint density at radius 1 is 1.27 bits per heavy atom. The van der Waals surface area contributed by atoms with Gasteiger partial charge in [-0.2, -0.15) is 10.5 Å². The van der Waals surface area contributed by atoms with Crippen molar-refractivity contribution in [1.29, 1.82) is 10.5 Å². The molecule has 0 saturated heterocycles. The van der Waals surface area contributed by atoms with Gasteiger partial charge in [0.2, 0.25) is 0 Å². The zero-order valence-electron chi connectivity index (χ0n) is 8.03. The molecule has 0 fully saturated rings. The number of nitriles is 2. The van der Waals surface area contributed by atoms with Crippen LogP contribution in [0.5, 0.6) is 0 Å². The molecule has 0 aliphatic rings. The Labute approximate surface area is 87.8 Å². The Bertz CT molecular complexity index is 423. The third-order valence-electron chi connectivity index (χ3n) is 1.80. The van der Waals surface area contributed by atoms with Crippen molar-refractivity contribution < 1.29 is 4.79 Å². The standard InChI is InChI=1S/C11H9N3O/c12-6-1-7-14-11(15)10-4-2-9(8-13)3-5-10/h2-5H,1,7H2,(H,14,15). The highest BCUT2D eigenvalue weighted by Crippen LogP contribution is 2.02. The number of rotatable bonds is 3. The monoisotopic (exact) mass is 199 g/mol. The normalized spacial score (nSPS) is 8.67. The summed E-state index contributed by atoms with van der Waals surface area (Å²) in [6.07, 6.45) is 0.294. The second-order valence-electron chi connectivity index (χ2n) is 2.85. The van der Waals surface area contributed by atoms with Crippen LogP contribution in [0.15, 0.2) is 24.3 Å². The molecule has 0 heterocycles. The van der Waals surface area contributed by atoms with Crippen molar-refractivity contribution in [3.63, 3.8) is 0 Å². The molecular weight excluding hydrogens is 190 g/mol. The molecule has 1 aromatic rings. The fraction of sp³-hybridized carbons (Fsp3) is 0.182. The van der Waals surface area contributed by atoms with Crippen molar-refractivity contribution in [2.24, 2.45) is 0 Å². The number of nitrogens with one attached hydrogen (secondary N) is 1.